The molecular weight excluding hydrogens is 316 g/mol. The first kappa shape index (κ1) is 15.6. The number of likely N-dealkylation sites (tertiary alicyclic amines) is 1. The molecule has 0 spiro atoms. The molecule has 2 unspecified atom stereocenters. The van der Waals surface area contributed by atoms with Crippen molar-refractivity contribution < 1.29 is 14.2 Å². The number of benzene rings is 2. The summed E-state index contributed by atoms with van der Waals surface area (Å²) in [6.07, 6.45) is 1.70. The number of nitriles is 1. The second-order valence-corrected chi connectivity index (χ2v) is 6.20. The number of nitrogens with zero attached hydrogens (tertiary/aromatic N) is 2. The van der Waals surface area contributed by atoms with Crippen LogP contribution in [0.2, 0.25) is 0 Å². The van der Waals surface area contributed by atoms with Crippen LogP contribution in [-0.4, -0.2) is 25.3 Å². The molecule has 0 saturated carbocycles. The third-order valence-electron chi connectivity index (χ3n) is 4.59. The van der Waals surface area contributed by atoms with Crippen LogP contribution in [0, 0.1) is 17.2 Å². The van der Waals surface area contributed by atoms with E-state index in [9.17, 15) is 5.26 Å². The number of fused-ring (bicyclic) bond motifs is 1. The van der Waals surface area contributed by atoms with E-state index in [0.29, 0.717) is 18.0 Å². The zero-order chi connectivity index (χ0) is 17.2. The van der Waals surface area contributed by atoms with E-state index < -0.39 is 0 Å². The second kappa shape index (κ2) is 6.50. The minimum absolute atomic E-state index is 0.0396. The highest BCUT2D eigenvalue weighted by molar-refractivity contribution is 5.47. The fraction of sp³-hybridized carbons (Fsp3) is 0.250. The fourth-order valence-electron chi connectivity index (χ4n) is 3.40. The molecule has 2 aromatic rings. The molecule has 2 aromatic carbocycles. The summed E-state index contributed by atoms with van der Waals surface area (Å²) in [5.41, 5.74) is 2.11. The van der Waals surface area contributed by atoms with Gasteiger partial charge in [-0.25, -0.2) is 0 Å². The van der Waals surface area contributed by atoms with Crippen LogP contribution in [0.1, 0.15) is 11.6 Å². The largest absolute Gasteiger partial charge is 0.465 e. The Bertz CT molecular complexity index is 842. The van der Waals surface area contributed by atoms with E-state index in [2.05, 4.69) is 23.1 Å². The lowest BCUT2D eigenvalue weighted by Gasteiger charge is -2.21. The monoisotopic (exact) mass is 334 g/mol. The molecule has 0 bridgehead atoms. The fourth-order valence-corrected chi connectivity index (χ4v) is 3.40. The molecule has 0 aliphatic carbocycles. The Morgan fingerprint density at radius 2 is 1.96 bits per heavy atom. The summed E-state index contributed by atoms with van der Waals surface area (Å²) in [6, 6.07) is 18.0. The lowest BCUT2D eigenvalue weighted by atomic mass is 9.92. The zero-order valence-electron chi connectivity index (χ0n) is 13.9. The molecular formula is C20H18N2O3. The molecule has 4 rings (SSSR count). The predicted molar refractivity (Wildman–Crippen MR) is 92.2 cm³/mol. The highest BCUT2D eigenvalue weighted by Crippen LogP contribution is 2.40. The molecule has 2 aliphatic heterocycles. The molecule has 25 heavy (non-hydrogen) atoms. The maximum absolute atomic E-state index is 9.70. The van der Waals surface area contributed by atoms with Gasteiger partial charge in [0.15, 0.2) is 11.5 Å². The molecule has 2 heterocycles. The Kier molecular flexibility index (Phi) is 4.04. The van der Waals surface area contributed by atoms with Crippen LogP contribution >= 0.6 is 0 Å². The minimum Gasteiger partial charge on any atom is -0.465 e. The molecule has 5 heteroatoms. The van der Waals surface area contributed by atoms with Gasteiger partial charge in [-0.15, -0.1) is 0 Å². The summed E-state index contributed by atoms with van der Waals surface area (Å²) in [7, 11) is 2.03. The Morgan fingerprint density at radius 1 is 1.16 bits per heavy atom. The van der Waals surface area contributed by atoms with Crippen LogP contribution in [0.4, 0.5) is 0 Å². The first-order valence-corrected chi connectivity index (χ1v) is 8.16. The van der Waals surface area contributed by atoms with Crippen molar-refractivity contribution in [1.82, 2.24) is 4.90 Å². The third-order valence-corrected chi connectivity index (χ3v) is 4.59. The second-order valence-electron chi connectivity index (χ2n) is 6.20. The van der Waals surface area contributed by atoms with E-state index in [1.54, 1.807) is 12.3 Å². The summed E-state index contributed by atoms with van der Waals surface area (Å²) in [6.45, 7) is 0.933. The highest BCUT2D eigenvalue weighted by Gasteiger charge is 2.37. The minimum atomic E-state index is -0.235. The summed E-state index contributed by atoms with van der Waals surface area (Å²) < 4.78 is 16.5. The van der Waals surface area contributed by atoms with E-state index in [-0.39, 0.29) is 18.8 Å². The standard InChI is InChI=1S/C20H18N2O3/c1-22-11-15(17(10-21)20(22)14-5-3-2-4-6-14)12-23-16-7-8-18-19(9-16)25-13-24-18/h2-9,12,17,20H,11,13H2,1H3/b15-12+. The molecule has 2 atom stereocenters. The number of hydrogen-bond donors (Lipinski definition) is 0. The number of ether oxygens (including phenoxy) is 3. The summed E-state index contributed by atoms with van der Waals surface area (Å²) >= 11 is 0. The van der Waals surface area contributed by atoms with Gasteiger partial charge in [0.1, 0.15) is 5.75 Å². The van der Waals surface area contributed by atoms with Gasteiger partial charge in [0, 0.05) is 12.6 Å². The molecule has 1 saturated heterocycles. The molecule has 1 fully saturated rings. The van der Waals surface area contributed by atoms with E-state index in [1.165, 1.54) is 0 Å². The lowest BCUT2D eigenvalue weighted by molar-refractivity contribution is 0.174. The number of hydrogen-bond acceptors (Lipinski definition) is 5. The topological polar surface area (TPSA) is 54.7 Å². The molecule has 0 amide bonds. The molecule has 0 radical (unpaired) electrons. The van der Waals surface area contributed by atoms with E-state index in [0.717, 1.165) is 16.9 Å². The first-order chi connectivity index (χ1) is 12.3. The van der Waals surface area contributed by atoms with Gasteiger partial charge >= 0.3 is 0 Å². The van der Waals surface area contributed by atoms with Gasteiger partial charge in [-0.3, -0.25) is 4.90 Å². The van der Waals surface area contributed by atoms with E-state index in [1.807, 2.05) is 37.4 Å². The quantitative estimate of drug-likeness (QED) is 0.804. The van der Waals surface area contributed by atoms with Crippen LogP contribution < -0.4 is 14.2 Å². The zero-order valence-corrected chi connectivity index (χ0v) is 13.9. The van der Waals surface area contributed by atoms with E-state index >= 15 is 0 Å². The highest BCUT2D eigenvalue weighted by atomic mass is 16.7. The van der Waals surface area contributed by atoms with Crippen molar-refractivity contribution in [3.8, 4) is 23.3 Å². The van der Waals surface area contributed by atoms with Gasteiger partial charge in [-0.2, -0.15) is 5.26 Å². The van der Waals surface area contributed by atoms with Crippen molar-refractivity contribution >= 4 is 0 Å². The normalized spacial score (nSPS) is 23.6. The van der Waals surface area contributed by atoms with Gasteiger partial charge in [-0.05, 0) is 30.3 Å². The first-order valence-electron chi connectivity index (χ1n) is 8.16. The molecule has 5 nitrogen and oxygen atoms in total. The summed E-state index contributed by atoms with van der Waals surface area (Å²) in [5.74, 6) is 1.83. The molecule has 0 aromatic heterocycles. The Labute approximate surface area is 146 Å². The van der Waals surface area contributed by atoms with Crippen molar-refractivity contribution in [3.05, 3.63) is 65.9 Å². The van der Waals surface area contributed by atoms with Crippen LogP contribution in [0.15, 0.2) is 60.4 Å². The Balaban J connectivity index is 1.56. The molecule has 126 valence electrons. The van der Waals surface area contributed by atoms with Gasteiger partial charge in [-0.1, -0.05) is 30.3 Å². The van der Waals surface area contributed by atoms with Crippen molar-refractivity contribution in [1.29, 1.82) is 5.26 Å². The van der Waals surface area contributed by atoms with Crippen LogP contribution in [-0.2, 0) is 0 Å². The van der Waals surface area contributed by atoms with Crippen LogP contribution in [0.5, 0.6) is 17.2 Å². The van der Waals surface area contributed by atoms with Crippen molar-refractivity contribution in [2.75, 3.05) is 20.4 Å². The maximum Gasteiger partial charge on any atom is 0.231 e. The summed E-state index contributed by atoms with van der Waals surface area (Å²) in [5, 5.41) is 9.70. The SMILES string of the molecule is CN1C/C(=C\Oc2ccc3c(c2)OCO3)C(C#N)C1c1ccccc1. The molecule has 0 N–H and O–H groups in total. The number of rotatable bonds is 3. The maximum atomic E-state index is 9.70. The van der Waals surface area contributed by atoms with Crippen molar-refractivity contribution in [2.45, 2.75) is 6.04 Å². The third kappa shape index (κ3) is 2.92. The van der Waals surface area contributed by atoms with Gasteiger partial charge < -0.3 is 14.2 Å². The van der Waals surface area contributed by atoms with Crippen LogP contribution in [0.25, 0.3) is 0 Å². The smallest absolute Gasteiger partial charge is 0.231 e. The average molecular weight is 334 g/mol. The summed E-state index contributed by atoms with van der Waals surface area (Å²) in [4.78, 5) is 2.18. The predicted octanol–water partition coefficient (Wildman–Crippen LogP) is 3.50. The van der Waals surface area contributed by atoms with Crippen molar-refractivity contribution in [2.24, 2.45) is 5.92 Å². The van der Waals surface area contributed by atoms with E-state index in [4.69, 9.17) is 14.2 Å². The van der Waals surface area contributed by atoms with Crippen LogP contribution in [0.3, 0.4) is 0 Å². The molecule has 2 aliphatic rings. The average Bonchev–Trinajstić information content (AvgIpc) is 3.23. The van der Waals surface area contributed by atoms with Gasteiger partial charge in [0.25, 0.3) is 0 Å². The Hall–Kier alpha value is -2.97. The van der Waals surface area contributed by atoms with Gasteiger partial charge in [0.05, 0.1) is 24.3 Å². The lowest BCUT2D eigenvalue weighted by Crippen LogP contribution is -2.20. The Morgan fingerprint density at radius 3 is 2.76 bits per heavy atom. The number of likely N-dealkylation sites (N-methyl/N-ethyl adjacent to an activating group) is 1. The van der Waals surface area contributed by atoms with Gasteiger partial charge in [0.2, 0.25) is 6.79 Å². The van der Waals surface area contributed by atoms with Crippen molar-refractivity contribution in [3.63, 3.8) is 0 Å².